The third-order valence-electron chi connectivity index (χ3n) is 7.05. The van der Waals surface area contributed by atoms with Crippen molar-refractivity contribution < 1.29 is 23.4 Å². The Morgan fingerprint density at radius 2 is 1.49 bits per heavy atom. The molecule has 2 aliphatic rings. The fraction of sp³-hybridized carbons (Fsp3) is 0.517. The maximum Gasteiger partial charge on any atom is 0.261 e. The summed E-state index contributed by atoms with van der Waals surface area (Å²) in [6.45, 7) is 17.4. The Balaban J connectivity index is 1.70. The molecule has 6 heteroatoms. The van der Waals surface area contributed by atoms with Crippen molar-refractivity contribution in [2.24, 2.45) is 5.92 Å². The topological polar surface area (TPSA) is 46.2 Å². The molecule has 0 spiro atoms. The van der Waals surface area contributed by atoms with E-state index in [0.717, 1.165) is 0 Å². The van der Waals surface area contributed by atoms with E-state index >= 15 is 0 Å². The lowest BCUT2D eigenvalue weighted by molar-refractivity contribution is -0.257. The van der Waals surface area contributed by atoms with E-state index in [2.05, 4.69) is 94.9 Å². The van der Waals surface area contributed by atoms with Crippen LogP contribution >= 0.6 is 0 Å². The molecule has 0 N–H and O–H groups in total. The van der Waals surface area contributed by atoms with E-state index in [1.807, 2.05) is 13.8 Å². The average Bonchev–Trinajstić information content (AvgIpc) is 3.16. The van der Waals surface area contributed by atoms with Gasteiger partial charge in [-0.05, 0) is 29.3 Å². The van der Waals surface area contributed by atoms with Crippen LogP contribution in [-0.2, 0) is 23.4 Å². The van der Waals surface area contributed by atoms with Crippen LogP contribution in [0, 0.1) is 5.92 Å². The van der Waals surface area contributed by atoms with Gasteiger partial charge in [0.05, 0.1) is 19.3 Å². The zero-order chi connectivity index (χ0) is 25.3. The normalized spacial score (nSPS) is 28.5. The van der Waals surface area contributed by atoms with E-state index in [1.165, 1.54) is 10.4 Å². The second kappa shape index (κ2) is 10.3. The molecule has 0 amide bonds. The van der Waals surface area contributed by atoms with Crippen LogP contribution in [-0.4, -0.2) is 51.9 Å². The fourth-order valence-electron chi connectivity index (χ4n) is 5.50. The highest BCUT2D eigenvalue weighted by molar-refractivity contribution is 6.99. The van der Waals surface area contributed by atoms with Gasteiger partial charge in [0.1, 0.15) is 12.2 Å². The van der Waals surface area contributed by atoms with E-state index in [4.69, 9.17) is 23.4 Å². The standard InChI is InChI=1S/C29H40O5Si/c1-8-19-30-27-21(2)25-26(34-29(6,7)33-25)24(32-27)20-31-35(28(3,4)5,22-15-11-9-12-16-22)23-17-13-10-14-18-23/h8-18,21,24-27H,1,19-20H2,2-7H3. The van der Waals surface area contributed by atoms with Gasteiger partial charge >= 0.3 is 0 Å². The van der Waals surface area contributed by atoms with Crippen molar-refractivity contribution in [1.29, 1.82) is 0 Å². The third kappa shape index (κ3) is 5.19. The molecule has 0 aromatic heterocycles. The summed E-state index contributed by atoms with van der Waals surface area (Å²) in [7, 11) is -2.71. The molecule has 0 radical (unpaired) electrons. The maximum absolute atomic E-state index is 7.17. The summed E-state index contributed by atoms with van der Waals surface area (Å²) >= 11 is 0. The molecule has 190 valence electrons. The van der Waals surface area contributed by atoms with Gasteiger partial charge in [-0.3, -0.25) is 0 Å². The van der Waals surface area contributed by atoms with E-state index < -0.39 is 20.4 Å². The third-order valence-corrected chi connectivity index (χ3v) is 12.1. The molecule has 0 aliphatic carbocycles. The van der Waals surface area contributed by atoms with Gasteiger partial charge in [-0.25, -0.2) is 0 Å². The van der Waals surface area contributed by atoms with Gasteiger partial charge in [0, 0.05) is 5.92 Å². The first kappa shape index (κ1) is 26.3. The zero-order valence-corrected chi connectivity index (χ0v) is 22.9. The summed E-state index contributed by atoms with van der Waals surface area (Å²) in [6.07, 6.45) is 0.628. The maximum atomic E-state index is 7.17. The Kier molecular flexibility index (Phi) is 7.72. The molecule has 35 heavy (non-hydrogen) atoms. The lowest BCUT2D eigenvalue weighted by Crippen LogP contribution is -2.68. The zero-order valence-electron chi connectivity index (χ0n) is 21.9. The van der Waals surface area contributed by atoms with E-state index in [0.29, 0.717) is 13.2 Å². The molecule has 2 aromatic rings. The van der Waals surface area contributed by atoms with Gasteiger partial charge < -0.3 is 23.4 Å². The number of hydrogen-bond acceptors (Lipinski definition) is 5. The summed E-state index contributed by atoms with van der Waals surface area (Å²) in [5.74, 6) is -0.665. The van der Waals surface area contributed by atoms with Crippen molar-refractivity contribution in [1.82, 2.24) is 0 Å². The molecule has 5 atom stereocenters. The second-order valence-corrected chi connectivity index (χ2v) is 15.4. The smallest absolute Gasteiger partial charge is 0.261 e. The molecule has 2 aromatic carbocycles. The minimum Gasteiger partial charge on any atom is -0.405 e. The monoisotopic (exact) mass is 496 g/mol. The Bertz CT molecular complexity index is 932. The Hall–Kier alpha value is -1.80. The molecule has 2 heterocycles. The summed E-state index contributed by atoms with van der Waals surface area (Å²) in [5, 5.41) is 2.35. The summed E-state index contributed by atoms with van der Waals surface area (Å²) in [4.78, 5) is 0. The Morgan fingerprint density at radius 1 is 0.943 bits per heavy atom. The van der Waals surface area contributed by atoms with Crippen LogP contribution in [0.25, 0.3) is 0 Å². The Morgan fingerprint density at radius 3 is 2.00 bits per heavy atom. The number of benzene rings is 2. The van der Waals surface area contributed by atoms with Crippen LogP contribution in [0.15, 0.2) is 73.3 Å². The van der Waals surface area contributed by atoms with Crippen LogP contribution in [0.3, 0.4) is 0 Å². The van der Waals surface area contributed by atoms with Gasteiger partial charge in [0.2, 0.25) is 0 Å². The molecular formula is C29H40O5Si. The molecule has 5 unspecified atom stereocenters. The predicted octanol–water partition coefficient (Wildman–Crippen LogP) is 4.65. The first-order chi connectivity index (χ1) is 16.6. The highest BCUT2D eigenvalue weighted by Gasteiger charge is 2.56. The van der Waals surface area contributed by atoms with E-state index in [-0.39, 0.29) is 29.3 Å². The number of fused-ring (bicyclic) bond motifs is 1. The average molecular weight is 497 g/mol. The van der Waals surface area contributed by atoms with Crippen LogP contribution in [0.5, 0.6) is 0 Å². The van der Waals surface area contributed by atoms with Crippen molar-refractivity contribution in [2.45, 2.75) is 77.0 Å². The van der Waals surface area contributed by atoms with Gasteiger partial charge in [0.25, 0.3) is 8.32 Å². The number of rotatable bonds is 8. The molecule has 5 nitrogen and oxygen atoms in total. The molecule has 2 fully saturated rings. The van der Waals surface area contributed by atoms with Gasteiger partial charge in [-0.1, -0.05) is 94.4 Å². The molecule has 2 saturated heterocycles. The van der Waals surface area contributed by atoms with E-state index in [1.54, 1.807) is 6.08 Å². The molecule has 4 rings (SSSR count). The van der Waals surface area contributed by atoms with Crippen molar-refractivity contribution >= 4 is 18.7 Å². The summed E-state index contributed by atoms with van der Waals surface area (Å²) < 4.78 is 32.4. The van der Waals surface area contributed by atoms with Crippen LogP contribution < -0.4 is 10.4 Å². The van der Waals surface area contributed by atoms with Gasteiger partial charge in [-0.2, -0.15) is 0 Å². The molecule has 0 bridgehead atoms. The SMILES string of the molecule is C=CCOC1OC(CO[Si](c2ccccc2)(c2ccccc2)C(C)(C)C)C2OC(C)(C)OC2C1C. The second-order valence-electron chi connectivity index (χ2n) is 11.1. The lowest BCUT2D eigenvalue weighted by atomic mass is 9.92. The molecule has 2 aliphatic heterocycles. The van der Waals surface area contributed by atoms with Gasteiger partial charge in [-0.15, -0.1) is 6.58 Å². The number of hydrogen-bond donors (Lipinski definition) is 0. The van der Waals surface area contributed by atoms with Crippen LogP contribution in [0.4, 0.5) is 0 Å². The highest BCUT2D eigenvalue weighted by Crippen LogP contribution is 2.42. The minimum atomic E-state index is -2.71. The fourth-order valence-corrected chi connectivity index (χ4v) is 10.1. The molecule has 0 saturated carbocycles. The lowest BCUT2D eigenvalue weighted by Gasteiger charge is -2.46. The summed E-state index contributed by atoms with van der Waals surface area (Å²) in [6, 6.07) is 21.3. The van der Waals surface area contributed by atoms with Crippen LogP contribution in [0.2, 0.25) is 5.04 Å². The quantitative estimate of drug-likeness (QED) is 0.393. The van der Waals surface area contributed by atoms with E-state index in [9.17, 15) is 0 Å². The highest BCUT2D eigenvalue weighted by atomic mass is 28.4. The first-order valence-electron chi connectivity index (χ1n) is 12.6. The first-order valence-corrected chi connectivity index (χ1v) is 14.5. The van der Waals surface area contributed by atoms with Crippen molar-refractivity contribution in [3.05, 3.63) is 73.3 Å². The van der Waals surface area contributed by atoms with Gasteiger partial charge in [0.15, 0.2) is 12.1 Å². The number of ether oxygens (including phenoxy) is 4. The molecular weight excluding hydrogens is 456 g/mol. The summed E-state index contributed by atoms with van der Waals surface area (Å²) in [5.41, 5.74) is 0. The Labute approximate surface area is 211 Å². The van der Waals surface area contributed by atoms with Crippen molar-refractivity contribution in [3.63, 3.8) is 0 Å². The predicted molar refractivity (Wildman–Crippen MR) is 141 cm³/mol. The van der Waals surface area contributed by atoms with Crippen molar-refractivity contribution in [3.8, 4) is 0 Å². The van der Waals surface area contributed by atoms with Crippen LogP contribution in [0.1, 0.15) is 41.5 Å². The van der Waals surface area contributed by atoms with Crippen molar-refractivity contribution in [2.75, 3.05) is 13.2 Å². The largest absolute Gasteiger partial charge is 0.405 e. The minimum absolute atomic E-state index is 0.0193.